The highest BCUT2D eigenvalue weighted by atomic mass is 16.5. The molecule has 5 rings (SSSR count). The molecule has 1 aromatic heterocycles. The summed E-state index contributed by atoms with van der Waals surface area (Å²) in [5.41, 5.74) is 2.97. The summed E-state index contributed by atoms with van der Waals surface area (Å²) in [5.74, 6) is 1.18. The van der Waals surface area contributed by atoms with Crippen molar-refractivity contribution in [2.24, 2.45) is 7.05 Å². The molecule has 0 unspecified atom stereocenters. The van der Waals surface area contributed by atoms with Gasteiger partial charge in [-0.15, -0.1) is 0 Å². The van der Waals surface area contributed by atoms with E-state index in [2.05, 4.69) is 11.8 Å². The van der Waals surface area contributed by atoms with Crippen molar-refractivity contribution in [3.05, 3.63) is 59.0 Å². The second kappa shape index (κ2) is 8.57. The van der Waals surface area contributed by atoms with Gasteiger partial charge in [0.05, 0.1) is 25.8 Å². The maximum absolute atomic E-state index is 13.2. The average molecular weight is 448 g/mol. The molecular formula is C26H29N3O4. The van der Waals surface area contributed by atoms with E-state index in [-0.39, 0.29) is 17.3 Å². The van der Waals surface area contributed by atoms with Crippen LogP contribution in [0.3, 0.4) is 0 Å². The first-order chi connectivity index (χ1) is 16.0. The average Bonchev–Trinajstić information content (AvgIpc) is 3.32. The standard InChI is InChI=1S/C26H29N3O4/c1-4-28-9-11-29(12-10-28)16-21-23(30)8-6-19-25(31)24(33-26(19)21)13-17-15-27(2)22-7-5-18(32-3)14-20(17)22/h5-8,13-15,30H,4,9-12,16H2,1-3H3/b24-13+. The van der Waals surface area contributed by atoms with E-state index in [1.165, 1.54) is 11.0 Å². The van der Waals surface area contributed by atoms with Crippen LogP contribution in [0.25, 0.3) is 17.0 Å². The summed E-state index contributed by atoms with van der Waals surface area (Å²) in [6, 6.07) is 8.96. The Bertz CT molecular complexity index is 1250. The van der Waals surface area contributed by atoms with Crippen LogP contribution in [-0.2, 0) is 13.6 Å². The predicted octanol–water partition coefficient (Wildman–Crippen LogP) is 1.60. The molecule has 1 fully saturated rings. The summed E-state index contributed by atoms with van der Waals surface area (Å²) in [5, 5.41) is 13.7. The Hall–Kier alpha value is -3.29. The number of carbonyl (C=O) groups excluding carboxylic acids is 1. The Labute approximate surface area is 193 Å². The van der Waals surface area contributed by atoms with Crippen LogP contribution in [0.4, 0.5) is 0 Å². The van der Waals surface area contributed by atoms with Crippen LogP contribution in [0.2, 0.25) is 0 Å². The molecule has 7 heteroatoms. The minimum Gasteiger partial charge on any atom is -0.872 e. The Balaban J connectivity index is 1.46. The zero-order valence-electron chi connectivity index (χ0n) is 19.3. The van der Waals surface area contributed by atoms with Crippen molar-refractivity contribution in [3.8, 4) is 17.2 Å². The molecule has 0 radical (unpaired) electrons. The molecule has 0 saturated carbocycles. The molecule has 172 valence electrons. The molecule has 33 heavy (non-hydrogen) atoms. The number of aromatic nitrogens is 1. The van der Waals surface area contributed by atoms with Crippen molar-refractivity contribution in [1.82, 2.24) is 9.47 Å². The number of piperazine rings is 1. The van der Waals surface area contributed by atoms with E-state index >= 15 is 0 Å². The first kappa shape index (κ1) is 21.6. The largest absolute Gasteiger partial charge is 0.872 e. The third-order valence-electron chi connectivity index (χ3n) is 6.85. The van der Waals surface area contributed by atoms with Gasteiger partial charge >= 0.3 is 0 Å². The maximum Gasteiger partial charge on any atom is 0.231 e. The number of methoxy groups -OCH3 is 1. The Morgan fingerprint density at radius 3 is 2.73 bits per heavy atom. The number of aryl methyl sites for hydroxylation is 1. The molecule has 0 spiro atoms. The number of ether oxygens (including phenoxy) is 2. The van der Waals surface area contributed by atoms with Crippen molar-refractivity contribution in [2.75, 3.05) is 39.8 Å². The summed E-state index contributed by atoms with van der Waals surface area (Å²) in [6.45, 7) is 7.79. The Kier molecular flexibility index (Phi) is 5.60. The smallest absolute Gasteiger partial charge is 0.231 e. The predicted molar refractivity (Wildman–Crippen MR) is 125 cm³/mol. The fraction of sp³-hybridized carbons (Fsp3) is 0.346. The summed E-state index contributed by atoms with van der Waals surface area (Å²) in [6.07, 6.45) is 3.74. The van der Waals surface area contributed by atoms with E-state index in [9.17, 15) is 9.90 Å². The molecule has 3 heterocycles. The lowest BCUT2D eigenvalue weighted by molar-refractivity contribution is -0.918. The molecule has 0 atom stereocenters. The van der Waals surface area contributed by atoms with Crippen LogP contribution in [0.1, 0.15) is 28.4 Å². The lowest BCUT2D eigenvalue weighted by Crippen LogP contribution is -3.13. The third kappa shape index (κ3) is 3.87. The quantitative estimate of drug-likeness (QED) is 0.602. The second-order valence-electron chi connectivity index (χ2n) is 8.80. The summed E-state index contributed by atoms with van der Waals surface area (Å²) < 4.78 is 13.5. The number of nitrogens with zero attached hydrogens (tertiary/aromatic N) is 2. The number of allylic oxidation sites excluding steroid dienone is 1. The van der Waals surface area contributed by atoms with E-state index in [0.29, 0.717) is 23.4 Å². The summed E-state index contributed by atoms with van der Waals surface area (Å²) in [7, 11) is 3.60. The highest BCUT2D eigenvalue weighted by molar-refractivity contribution is 6.15. The fourth-order valence-electron chi connectivity index (χ4n) is 4.85. The van der Waals surface area contributed by atoms with Crippen LogP contribution >= 0.6 is 0 Å². The zero-order valence-corrected chi connectivity index (χ0v) is 19.3. The first-order valence-electron chi connectivity index (χ1n) is 11.4. The monoisotopic (exact) mass is 447 g/mol. The number of Topliss-reactive ketones (excluding diaryl/α,β-unsaturated/α-hetero) is 1. The van der Waals surface area contributed by atoms with Crippen LogP contribution in [0.15, 0.2) is 42.3 Å². The lowest BCUT2D eigenvalue weighted by atomic mass is 10.0. The molecule has 0 amide bonds. The van der Waals surface area contributed by atoms with Crippen LogP contribution < -0.4 is 19.5 Å². The van der Waals surface area contributed by atoms with Gasteiger partial charge in [0.2, 0.25) is 5.78 Å². The zero-order chi connectivity index (χ0) is 23.1. The lowest BCUT2D eigenvalue weighted by Gasteiger charge is -2.32. The van der Waals surface area contributed by atoms with Crippen molar-refractivity contribution in [2.45, 2.75) is 13.5 Å². The van der Waals surface area contributed by atoms with Gasteiger partial charge in [0, 0.05) is 48.4 Å². The van der Waals surface area contributed by atoms with Gasteiger partial charge in [-0.3, -0.25) is 9.69 Å². The van der Waals surface area contributed by atoms with E-state index in [1.54, 1.807) is 19.3 Å². The number of fused-ring (bicyclic) bond motifs is 2. The first-order valence-corrected chi connectivity index (χ1v) is 11.4. The van der Waals surface area contributed by atoms with E-state index < -0.39 is 0 Å². The van der Waals surface area contributed by atoms with Gasteiger partial charge < -0.3 is 24.0 Å². The molecule has 2 aromatic carbocycles. The molecule has 0 bridgehead atoms. The minimum absolute atomic E-state index is 0.0666. The van der Waals surface area contributed by atoms with Crippen LogP contribution in [-0.4, -0.2) is 55.1 Å². The number of hydrogen-bond donors (Lipinski definition) is 1. The van der Waals surface area contributed by atoms with Gasteiger partial charge in [0.25, 0.3) is 0 Å². The van der Waals surface area contributed by atoms with Crippen molar-refractivity contribution in [3.63, 3.8) is 0 Å². The fourth-order valence-corrected chi connectivity index (χ4v) is 4.85. The van der Waals surface area contributed by atoms with E-state index in [0.717, 1.165) is 54.9 Å². The Morgan fingerprint density at radius 2 is 2.00 bits per heavy atom. The molecule has 1 N–H and O–H groups in total. The molecule has 2 aliphatic heterocycles. The number of ketones is 1. The number of carbonyl (C=O) groups is 1. The molecular weight excluding hydrogens is 418 g/mol. The van der Waals surface area contributed by atoms with Gasteiger partial charge in [-0.1, -0.05) is 18.7 Å². The van der Waals surface area contributed by atoms with Crippen molar-refractivity contribution >= 4 is 22.8 Å². The molecule has 0 aliphatic carbocycles. The van der Waals surface area contributed by atoms with Crippen LogP contribution in [0, 0.1) is 0 Å². The number of rotatable bonds is 5. The summed E-state index contributed by atoms with van der Waals surface area (Å²) >= 11 is 0. The maximum atomic E-state index is 13.2. The molecule has 1 saturated heterocycles. The number of hydrogen-bond acceptors (Lipinski definition) is 5. The Morgan fingerprint density at radius 1 is 1.21 bits per heavy atom. The SMILES string of the molecule is CCN1CC[NH+](Cc2c([O-])ccc3c2O/C(=C/c2cn(C)c4ccc(OC)cc24)C3=O)CC1. The van der Waals surface area contributed by atoms with Gasteiger partial charge in [0.15, 0.2) is 5.76 Å². The van der Waals surface area contributed by atoms with Gasteiger partial charge in [-0.2, -0.15) is 0 Å². The third-order valence-corrected chi connectivity index (χ3v) is 6.85. The van der Waals surface area contributed by atoms with Gasteiger partial charge in [-0.25, -0.2) is 0 Å². The normalized spacial score (nSPS) is 18.2. The number of benzene rings is 2. The van der Waals surface area contributed by atoms with Crippen molar-refractivity contribution in [1.29, 1.82) is 0 Å². The van der Waals surface area contributed by atoms with Gasteiger partial charge in [0.1, 0.15) is 18.0 Å². The minimum atomic E-state index is -0.183. The number of quaternary nitrogens is 1. The molecule has 2 aliphatic rings. The summed E-state index contributed by atoms with van der Waals surface area (Å²) in [4.78, 5) is 16.9. The molecule has 3 aromatic rings. The number of nitrogens with one attached hydrogen (secondary N) is 1. The van der Waals surface area contributed by atoms with E-state index in [4.69, 9.17) is 9.47 Å². The number of likely N-dealkylation sites (N-methyl/N-ethyl adjacent to an activating group) is 1. The topological polar surface area (TPSA) is 71.2 Å². The van der Waals surface area contributed by atoms with Gasteiger partial charge in [-0.05, 0) is 36.9 Å². The second-order valence-corrected chi connectivity index (χ2v) is 8.80. The highest BCUT2D eigenvalue weighted by Gasteiger charge is 2.32. The van der Waals surface area contributed by atoms with E-state index in [1.807, 2.05) is 36.0 Å². The highest BCUT2D eigenvalue weighted by Crippen LogP contribution is 2.39. The molecule has 7 nitrogen and oxygen atoms in total. The van der Waals surface area contributed by atoms with Crippen molar-refractivity contribution < 1.29 is 24.3 Å². The van der Waals surface area contributed by atoms with Crippen LogP contribution in [0.5, 0.6) is 17.2 Å².